The van der Waals surface area contributed by atoms with Crippen molar-refractivity contribution in [3.63, 3.8) is 0 Å². The summed E-state index contributed by atoms with van der Waals surface area (Å²) in [5.74, 6) is 0.481. The van der Waals surface area contributed by atoms with Crippen LogP contribution in [0.4, 0.5) is 5.69 Å². The van der Waals surface area contributed by atoms with Gasteiger partial charge in [-0.2, -0.15) is 10.2 Å². The number of ether oxygens (including phenoxy) is 3. The fourth-order valence-electron chi connectivity index (χ4n) is 4.89. The van der Waals surface area contributed by atoms with Crippen LogP contribution < -0.4 is 4.72 Å². The van der Waals surface area contributed by atoms with Crippen LogP contribution in [0, 0.1) is 6.92 Å². The molecule has 3 aromatic heterocycles. The van der Waals surface area contributed by atoms with E-state index < -0.39 is 15.6 Å². The van der Waals surface area contributed by atoms with Crippen LogP contribution in [0.5, 0.6) is 0 Å². The molecule has 1 unspecified atom stereocenters. The zero-order chi connectivity index (χ0) is 25.6. The number of hydrogen-bond donors (Lipinski definition) is 1. The minimum Gasteiger partial charge on any atom is -0.375 e. The molecule has 0 spiro atoms. The molecular formula is C25H28N6O5S. The Balaban J connectivity index is 1.29. The standard InChI is InChI=1S/C25H28N6O5S/c1-17-24-20(6-5-7-21(24)31(28-17)23-8-3-4-11-36-23)29-37(32,33)19-13-27-30(14-19)22-12-18(9-10-26-22)25(34-2)15-35-16-25/h5-7,9-10,12-14,23,29H,3-4,8,11,15-16H2,1-2H3. The Kier molecular flexibility index (Phi) is 5.98. The van der Waals surface area contributed by atoms with Gasteiger partial charge in [-0.05, 0) is 56.0 Å². The van der Waals surface area contributed by atoms with E-state index in [2.05, 4.69) is 19.9 Å². The van der Waals surface area contributed by atoms with Crippen molar-refractivity contribution >= 4 is 26.6 Å². The molecule has 37 heavy (non-hydrogen) atoms. The second-order valence-electron chi connectivity index (χ2n) is 9.37. The van der Waals surface area contributed by atoms with Gasteiger partial charge < -0.3 is 14.2 Å². The van der Waals surface area contributed by atoms with Crippen LogP contribution in [0.1, 0.15) is 36.7 Å². The number of sulfonamides is 1. The third-order valence-corrected chi connectivity index (χ3v) is 8.34. The van der Waals surface area contributed by atoms with Crippen molar-refractivity contribution in [1.82, 2.24) is 24.5 Å². The lowest BCUT2D eigenvalue weighted by Gasteiger charge is -2.40. The normalized spacial score (nSPS) is 19.6. The van der Waals surface area contributed by atoms with Crippen LogP contribution in [-0.4, -0.2) is 59.9 Å². The summed E-state index contributed by atoms with van der Waals surface area (Å²) in [6.07, 6.45) is 7.23. The second-order valence-corrected chi connectivity index (χ2v) is 11.1. The third kappa shape index (κ3) is 4.19. The molecule has 0 bridgehead atoms. The number of rotatable bonds is 7. The first kappa shape index (κ1) is 24.0. The van der Waals surface area contributed by atoms with Crippen molar-refractivity contribution in [2.75, 3.05) is 31.7 Å². The highest BCUT2D eigenvalue weighted by Gasteiger charge is 2.41. The highest BCUT2D eigenvalue weighted by molar-refractivity contribution is 7.92. The molecule has 0 aliphatic carbocycles. The SMILES string of the molecule is COC1(c2ccnc(-n3cc(S(=O)(=O)Nc4cccc5c4c(C)nn5C4CCCCO4)cn3)c2)COC1. The van der Waals surface area contributed by atoms with E-state index in [1.54, 1.807) is 19.4 Å². The Morgan fingerprint density at radius 1 is 1.22 bits per heavy atom. The van der Waals surface area contributed by atoms with Gasteiger partial charge in [-0.15, -0.1) is 0 Å². The first-order chi connectivity index (χ1) is 17.9. The molecule has 2 aliphatic rings. The number of pyridine rings is 1. The van der Waals surface area contributed by atoms with Gasteiger partial charge in [0.05, 0.1) is 42.5 Å². The predicted octanol–water partition coefficient (Wildman–Crippen LogP) is 3.30. The summed E-state index contributed by atoms with van der Waals surface area (Å²) in [7, 11) is -2.30. The van der Waals surface area contributed by atoms with Crippen LogP contribution in [0.15, 0.2) is 53.8 Å². The fourth-order valence-corrected chi connectivity index (χ4v) is 5.89. The molecule has 1 atom stereocenters. The van der Waals surface area contributed by atoms with E-state index in [0.29, 0.717) is 31.3 Å². The van der Waals surface area contributed by atoms with Gasteiger partial charge in [-0.3, -0.25) is 4.72 Å². The number of nitrogens with zero attached hydrogens (tertiary/aromatic N) is 5. The summed E-state index contributed by atoms with van der Waals surface area (Å²) in [6, 6.07) is 9.17. The lowest BCUT2D eigenvalue weighted by molar-refractivity contribution is -0.202. The average molecular weight is 525 g/mol. The average Bonchev–Trinajstić information content (AvgIpc) is 3.51. The summed E-state index contributed by atoms with van der Waals surface area (Å²) in [4.78, 5) is 4.38. The van der Waals surface area contributed by atoms with Crippen LogP contribution in [0.2, 0.25) is 0 Å². The number of anilines is 1. The number of hydrogen-bond acceptors (Lipinski definition) is 8. The highest BCUT2D eigenvalue weighted by Crippen LogP contribution is 2.34. The molecule has 11 nitrogen and oxygen atoms in total. The number of aryl methyl sites for hydroxylation is 1. The molecule has 194 valence electrons. The molecule has 0 amide bonds. The van der Waals surface area contributed by atoms with Crippen molar-refractivity contribution < 1.29 is 22.6 Å². The summed E-state index contributed by atoms with van der Waals surface area (Å²) < 4.78 is 49.7. The summed E-state index contributed by atoms with van der Waals surface area (Å²) >= 11 is 0. The number of nitrogens with one attached hydrogen (secondary N) is 1. The Morgan fingerprint density at radius 2 is 2.08 bits per heavy atom. The minimum absolute atomic E-state index is 0.0193. The molecule has 2 saturated heterocycles. The predicted molar refractivity (Wildman–Crippen MR) is 135 cm³/mol. The van der Waals surface area contributed by atoms with E-state index in [-0.39, 0.29) is 11.1 Å². The van der Waals surface area contributed by atoms with Crippen molar-refractivity contribution in [1.29, 1.82) is 0 Å². The Morgan fingerprint density at radius 3 is 2.81 bits per heavy atom. The maximum Gasteiger partial charge on any atom is 0.265 e. The molecule has 0 radical (unpaired) electrons. The number of fused-ring (bicyclic) bond motifs is 1. The zero-order valence-electron chi connectivity index (χ0n) is 20.6. The summed E-state index contributed by atoms with van der Waals surface area (Å²) in [5, 5.41) is 9.69. The van der Waals surface area contributed by atoms with Gasteiger partial charge in [0.25, 0.3) is 10.0 Å². The molecule has 2 fully saturated rings. The lowest BCUT2D eigenvalue weighted by Crippen LogP contribution is -2.48. The van der Waals surface area contributed by atoms with Crippen LogP contribution in [0.3, 0.4) is 0 Å². The second kappa shape index (κ2) is 9.21. The Hall–Kier alpha value is -3.32. The van der Waals surface area contributed by atoms with Gasteiger partial charge in [0.2, 0.25) is 0 Å². The molecule has 1 N–H and O–H groups in total. The topological polar surface area (TPSA) is 122 Å². The highest BCUT2D eigenvalue weighted by atomic mass is 32.2. The molecule has 12 heteroatoms. The quantitative estimate of drug-likeness (QED) is 0.391. The first-order valence-corrected chi connectivity index (χ1v) is 13.7. The largest absolute Gasteiger partial charge is 0.375 e. The monoisotopic (exact) mass is 524 g/mol. The minimum atomic E-state index is -3.94. The summed E-state index contributed by atoms with van der Waals surface area (Å²) in [6.45, 7) is 3.46. The molecule has 5 heterocycles. The van der Waals surface area contributed by atoms with E-state index in [4.69, 9.17) is 14.2 Å². The van der Waals surface area contributed by atoms with Crippen LogP contribution >= 0.6 is 0 Å². The van der Waals surface area contributed by atoms with E-state index in [1.807, 2.05) is 35.9 Å². The van der Waals surface area contributed by atoms with Crippen LogP contribution in [0.25, 0.3) is 16.7 Å². The van der Waals surface area contributed by atoms with Gasteiger partial charge in [0, 0.05) is 25.3 Å². The zero-order valence-corrected chi connectivity index (χ0v) is 21.4. The molecule has 1 aromatic carbocycles. The van der Waals surface area contributed by atoms with Gasteiger partial charge in [-0.1, -0.05) is 6.07 Å². The molecular weight excluding hydrogens is 496 g/mol. The number of aromatic nitrogens is 5. The van der Waals surface area contributed by atoms with Gasteiger partial charge in [0.15, 0.2) is 12.0 Å². The molecule has 4 aromatic rings. The molecule has 0 saturated carbocycles. The Labute approximate surface area is 214 Å². The third-order valence-electron chi connectivity index (χ3n) is 7.02. The maximum atomic E-state index is 13.4. The van der Waals surface area contributed by atoms with Crippen molar-refractivity contribution in [3.8, 4) is 5.82 Å². The van der Waals surface area contributed by atoms with Crippen molar-refractivity contribution in [2.24, 2.45) is 0 Å². The van der Waals surface area contributed by atoms with Crippen LogP contribution in [-0.2, 0) is 29.8 Å². The lowest BCUT2D eigenvalue weighted by atomic mass is 9.92. The molecule has 2 aliphatic heterocycles. The first-order valence-electron chi connectivity index (χ1n) is 12.2. The van der Waals surface area contributed by atoms with Crippen molar-refractivity contribution in [2.45, 2.75) is 42.9 Å². The summed E-state index contributed by atoms with van der Waals surface area (Å²) in [5.41, 5.74) is 2.38. The van der Waals surface area contributed by atoms with E-state index in [0.717, 1.165) is 41.4 Å². The maximum absolute atomic E-state index is 13.4. The van der Waals surface area contributed by atoms with Gasteiger partial charge in [-0.25, -0.2) is 22.8 Å². The fraction of sp³-hybridized carbons (Fsp3) is 0.400. The molecule has 6 rings (SSSR count). The Bertz CT molecular complexity index is 1550. The number of methoxy groups -OCH3 is 1. The van der Waals surface area contributed by atoms with Crippen molar-refractivity contribution in [3.05, 3.63) is 60.2 Å². The smallest absolute Gasteiger partial charge is 0.265 e. The van der Waals surface area contributed by atoms with Gasteiger partial charge in [0.1, 0.15) is 10.5 Å². The van der Waals surface area contributed by atoms with E-state index in [9.17, 15) is 8.42 Å². The van der Waals surface area contributed by atoms with E-state index in [1.165, 1.54) is 17.1 Å². The number of benzene rings is 1. The van der Waals surface area contributed by atoms with E-state index >= 15 is 0 Å². The van der Waals surface area contributed by atoms with Gasteiger partial charge >= 0.3 is 0 Å².